The number of nitrogens with one attached hydrogen (secondary N) is 1. The minimum atomic E-state index is -0.972. The molecule has 0 amide bonds. The lowest BCUT2D eigenvalue weighted by Crippen LogP contribution is -2.30. The highest BCUT2D eigenvalue weighted by molar-refractivity contribution is 5.67. The Morgan fingerprint density at radius 3 is 2.67 bits per heavy atom. The molecule has 0 aromatic heterocycles. The quantitative estimate of drug-likeness (QED) is 0.720. The molecule has 1 saturated heterocycles. The van der Waals surface area contributed by atoms with Crippen LogP contribution in [0.25, 0.3) is 0 Å². The molecule has 1 aromatic carbocycles. The van der Waals surface area contributed by atoms with Gasteiger partial charge in [-0.15, -0.1) is 0 Å². The van der Waals surface area contributed by atoms with Crippen molar-refractivity contribution >= 4 is 11.7 Å². The third kappa shape index (κ3) is 3.45. The summed E-state index contributed by atoms with van der Waals surface area (Å²) in [5.74, 6) is -0.972. The lowest BCUT2D eigenvalue weighted by atomic mass is 10.1. The number of benzene rings is 1. The zero-order valence-electron chi connectivity index (χ0n) is 10.2. The molecule has 1 heterocycles. The summed E-state index contributed by atoms with van der Waals surface area (Å²) >= 11 is 0. The topological polar surface area (TPSA) is 72.8 Å². The fourth-order valence-corrected chi connectivity index (χ4v) is 2.11. The third-order valence-electron chi connectivity index (χ3n) is 2.99. The van der Waals surface area contributed by atoms with Gasteiger partial charge in [-0.2, -0.15) is 0 Å². The zero-order chi connectivity index (χ0) is 13.0. The van der Waals surface area contributed by atoms with Gasteiger partial charge in [0.15, 0.2) is 0 Å². The van der Waals surface area contributed by atoms with Crippen molar-refractivity contribution in [3.8, 4) is 0 Å². The summed E-state index contributed by atoms with van der Waals surface area (Å²) in [5.41, 5.74) is 5.32. The highest BCUT2D eigenvalue weighted by atomic mass is 16.4. The van der Waals surface area contributed by atoms with Crippen LogP contribution in [0.2, 0.25) is 0 Å². The number of aliphatic hydroxyl groups excluding tert-OH is 1. The first kappa shape index (κ1) is 12.9. The minimum absolute atomic E-state index is 0.213. The van der Waals surface area contributed by atoms with Gasteiger partial charge in [0.2, 0.25) is 0 Å². The van der Waals surface area contributed by atoms with Crippen molar-refractivity contribution in [3.05, 3.63) is 29.8 Å². The average Bonchev–Trinajstić information content (AvgIpc) is 2.82. The molecule has 5 nitrogen and oxygen atoms in total. The second-order valence-electron chi connectivity index (χ2n) is 4.54. The van der Waals surface area contributed by atoms with Gasteiger partial charge in [0.1, 0.15) is 0 Å². The van der Waals surface area contributed by atoms with Gasteiger partial charge in [-0.25, -0.2) is 5.43 Å². The van der Waals surface area contributed by atoms with Gasteiger partial charge >= 0.3 is 5.97 Å². The van der Waals surface area contributed by atoms with Crippen LogP contribution in [0.15, 0.2) is 24.3 Å². The summed E-state index contributed by atoms with van der Waals surface area (Å²) in [5, 5.41) is 20.2. The number of anilines is 1. The summed E-state index contributed by atoms with van der Waals surface area (Å²) in [4.78, 5) is 10.5. The van der Waals surface area contributed by atoms with Crippen molar-refractivity contribution in [2.45, 2.75) is 25.4 Å². The Labute approximate surface area is 106 Å². The van der Waals surface area contributed by atoms with Crippen molar-refractivity contribution in [1.82, 2.24) is 5.43 Å². The maximum atomic E-state index is 10.5. The molecule has 1 fully saturated rings. The van der Waals surface area contributed by atoms with Crippen molar-refractivity contribution in [2.24, 2.45) is 0 Å². The summed E-state index contributed by atoms with van der Waals surface area (Å²) in [6, 6.07) is 7.84. The van der Waals surface area contributed by atoms with E-state index >= 15 is 0 Å². The third-order valence-corrected chi connectivity index (χ3v) is 2.99. The molecule has 18 heavy (non-hydrogen) atoms. The Balaban J connectivity index is 1.92. The van der Waals surface area contributed by atoms with Crippen LogP contribution in [0.5, 0.6) is 0 Å². The highest BCUT2D eigenvalue weighted by Crippen LogP contribution is 2.17. The van der Waals surface area contributed by atoms with Crippen molar-refractivity contribution in [1.29, 1.82) is 0 Å². The van der Waals surface area contributed by atoms with E-state index in [4.69, 9.17) is 5.11 Å². The van der Waals surface area contributed by atoms with Crippen LogP contribution < -0.4 is 10.4 Å². The Hall–Kier alpha value is -1.59. The van der Waals surface area contributed by atoms with E-state index < -0.39 is 12.1 Å². The molecule has 1 atom stereocenters. The molecular weight excluding hydrogens is 232 g/mol. The van der Waals surface area contributed by atoms with Crippen LogP contribution in [-0.4, -0.2) is 35.4 Å². The molecule has 0 spiro atoms. The molecule has 0 aliphatic carbocycles. The summed E-state index contributed by atoms with van der Waals surface area (Å²) in [6.07, 6.45) is 0.479. The molecule has 1 unspecified atom stereocenters. The van der Waals surface area contributed by atoms with Gasteiger partial charge in [0.25, 0.3) is 0 Å². The van der Waals surface area contributed by atoms with Gasteiger partial charge in [-0.3, -0.25) is 4.79 Å². The van der Waals surface area contributed by atoms with Gasteiger partial charge in [0.05, 0.1) is 18.2 Å². The second kappa shape index (κ2) is 5.84. The Bertz CT molecular complexity index is 399. The fourth-order valence-electron chi connectivity index (χ4n) is 2.11. The number of carboxylic acid groups (broad SMARTS) is 1. The summed E-state index contributed by atoms with van der Waals surface area (Å²) in [6.45, 7) is 2.00. The number of nitrogens with zero attached hydrogens (tertiary/aromatic N) is 1. The predicted molar refractivity (Wildman–Crippen MR) is 68.4 cm³/mol. The normalized spacial score (nSPS) is 16.8. The maximum Gasteiger partial charge on any atom is 0.305 e. The van der Waals surface area contributed by atoms with Crippen LogP contribution in [0.4, 0.5) is 5.69 Å². The number of aliphatic hydroxyl groups is 1. The van der Waals surface area contributed by atoms with E-state index in [1.165, 1.54) is 0 Å². The number of aliphatic carboxylic acids is 1. The van der Waals surface area contributed by atoms with E-state index in [-0.39, 0.29) is 6.42 Å². The van der Waals surface area contributed by atoms with Crippen molar-refractivity contribution < 1.29 is 15.0 Å². The van der Waals surface area contributed by atoms with Gasteiger partial charge in [0, 0.05) is 13.1 Å². The van der Waals surface area contributed by atoms with Crippen molar-refractivity contribution in [3.63, 3.8) is 0 Å². The van der Waals surface area contributed by atoms with Crippen LogP contribution in [0.1, 0.15) is 18.4 Å². The molecule has 1 aliphatic heterocycles. The summed E-state index contributed by atoms with van der Waals surface area (Å²) in [7, 11) is 0. The van der Waals surface area contributed by atoms with E-state index in [1.807, 2.05) is 24.3 Å². The highest BCUT2D eigenvalue weighted by Gasteiger charge is 2.13. The standard InChI is InChI=1S/C13H18N2O3/c16-12(9-13(17)18)8-10-2-4-11(5-3-10)15-7-1-6-14-15/h2-5,12,14,16H,1,6-9H2,(H,17,18). The van der Waals surface area contributed by atoms with Gasteiger partial charge < -0.3 is 15.2 Å². The first-order valence-corrected chi connectivity index (χ1v) is 6.15. The predicted octanol–water partition coefficient (Wildman–Crippen LogP) is 0.779. The first-order chi connectivity index (χ1) is 8.65. The SMILES string of the molecule is O=C(O)CC(O)Cc1ccc(N2CCCN2)cc1. The number of rotatable bonds is 5. The number of hydrogen-bond donors (Lipinski definition) is 3. The average molecular weight is 250 g/mol. The molecular formula is C13H18N2O3. The maximum absolute atomic E-state index is 10.5. The molecule has 1 aromatic rings. The summed E-state index contributed by atoms with van der Waals surface area (Å²) < 4.78 is 0. The fraction of sp³-hybridized carbons (Fsp3) is 0.462. The van der Waals surface area contributed by atoms with E-state index in [1.54, 1.807) is 0 Å². The Morgan fingerprint density at radius 2 is 2.11 bits per heavy atom. The van der Waals surface area contributed by atoms with E-state index in [0.717, 1.165) is 30.8 Å². The molecule has 3 N–H and O–H groups in total. The number of hydrazine groups is 1. The van der Waals surface area contributed by atoms with Gasteiger partial charge in [-0.05, 0) is 30.5 Å². The smallest absolute Gasteiger partial charge is 0.305 e. The molecule has 98 valence electrons. The molecule has 2 rings (SSSR count). The monoisotopic (exact) mass is 250 g/mol. The molecule has 0 saturated carbocycles. The number of carboxylic acids is 1. The van der Waals surface area contributed by atoms with Crippen molar-refractivity contribution in [2.75, 3.05) is 18.1 Å². The zero-order valence-corrected chi connectivity index (χ0v) is 10.2. The van der Waals surface area contributed by atoms with Crippen LogP contribution in [-0.2, 0) is 11.2 Å². The van der Waals surface area contributed by atoms with Crippen LogP contribution >= 0.6 is 0 Å². The Kier molecular flexibility index (Phi) is 4.17. The largest absolute Gasteiger partial charge is 0.481 e. The molecule has 0 bridgehead atoms. The van der Waals surface area contributed by atoms with E-state index in [9.17, 15) is 9.90 Å². The van der Waals surface area contributed by atoms with E-state index in [0.29, 0.717) is 6.42 Å². The molecule has 0 radical (unpaired) electrons. The lowest BCUT2D eigenvalue weighted by molar-refractivity contribution is -0.139. The van der Waals surface area contributed by atoms with Crippen LogP contribution in [0.3, 0.4) is 0 Å². The first-order valence-electron chi connectivity index (χ1n) is 6.15. The minimum Gasteiger partial charge on any atom is -0.481 e. The lowest BCUT2D eigenvalue weighted by Gasteiger charge is -2.18. The van der Waals surface area contributed by atoms with Crippen LogP contribution in [0, 0.1) is 0 Å². The number of hydrogen-bond acceptors (Lipinski definition) is 4. The van der Waals surface area contributed by atoms with Gasteiger partial charge in [-0.1, -0.05) is 12.1 Å². The van der Waals surface area contributed by atoms with E-state index in [2.05, 4.69) is 10.4 Å². The number of carbonyl (C=O) groups is 1. The molecule has 1 aliphatic rings. The Morgan fingerprint density at radius 1 is 1.39 bits per heavy atom. The molecule has 5 heteroatoms. The second-order valence-corrected chi connectivity index (χ2v) is 4.54.